The zero-order chi connectivity index (χ0) is 18.4. The van der Waals surface area contributed by atoms with Gasteiger partial charge in [0.15, 0.2) is 0 Å². The van der Waals surface area contributed by atoms with Crippen LogP contribution < -0.4 is 15.0 Å². The first-order valence-electron chi connectivity index (χ1n) is 9.13. The van der Waals surface area contributed by atoms with Crippen molar-refractivity contribution in [3.8, 4) is 5.75 Å². The molecule has 26 heavy (non-hydrogen) atoms. The minimum atomic E-state index is 0.00996. The van der Waals surface area contributed by atoms with Crippen LogP contribution in [0.25, 0.3) is 0 Å². The third kappa shape index (κ3) is 4.35. The second-order valence-corrected chi connectivity index (χ2v) is 6.57. The molecule has 1 heterocycles. The minimum Gasteiger partial charge on any atom is -0.495 e. The summed E-state index contributed by atoms with van der Waals surface area (Å²) in [6.45, 7) is 7.40. The molecular weight excluding hydrogens is 326 g/mol. The van der Waals surface area contributed by atoms with Crippen LogP contribution in [0.2, 0.25) is 0 Å². The number of nitrogens with zero attached hydrogens (tertiary/aromatic N) is 2. The Morgan fingerprint density at radius 1 is 1.04 bits per heavy atom. The number of methoxy groups -OCH3 is 1. The van der Waals surface area contributed by atoms with Crippen molar-refractivity contribution in [2.45, 2.75) is 6.92 Å². The van der Waals surface area contributed by atoms with Gasteiger partial charge in [-0.05, 0) is 30.7 Å². The number of rotatable bonds is 6. The van der Waals surface area contributed by atoms with E-state index < -0.39 is 0 Å². The molecule has 0 bridgehead atoms. The quantitative estimate of drug-likeness (QED) is 0.867. The molecule has 2 aromatic carbocycles. The van der Waals surface area contributed by atoms with E-state index in [2.05, 4.69) is 21.2 Å². The number of hydrogen-bond acceptors (Lipinski definition) is 4. The van der Waals surface area contributed by atoms with E-state index in [9.17, 15) is 4.79 Å². The van der Waals surface area contributed by atoms with E-state index in [1.165, 1.54) is 0 Å². The fourth-order valence-electron chi connectivity index (χ4n) is 3.35. The Labute approximate surface area is 155 Å². The molecule has 1 saturated heterocycles. The van der Waals surface area contributed by atoms with Crippen molar-refractivity contribution in [3.63, 3.8) is 0 Å². The lowest BCUT2D eigenvalue weighted by Crippen LogP contribution is -2.48. The molecule has 1 N–H and O–H groups in total. The molecule has 2 aromatic rings. The molecule has 3 rings (SSSR count). The van der Waals surface area contributed by atoms with Crippen LogP contribution in [-0.4, -0.2) is 57.2 Å². The summed E-state index contributed by atoms with van der Waals surface area (Å²) in [5, 5.41) is 3.03. The fraction of sp³-hybridized carbons (Fsp3) is 0.381. The van der Waals surface area contributed by atoms with Crippen molar-refractivity contribution in [1.82, 2.24) is 10.2 Å². The van der Waals surface area contributed by atoms with Gasteiger partial charge < -0.3 is 15.0 Å². The number of aryl methyl sites for hydroxylation is 1. The minimum absolute atomic E-state index is 0.00996. The van der Waals surface area contributed by atoms with E-state index >= 15 is 0 Å². The third-order valence-electron chi connectivity index (χ3n) is 4.90. The van der Waals surface area contributed by atoms with Crippen LogP contribution in [0.3, 0.4) is 0 Å². The number of anilines is 1. The van der Waals surface area contributed by atoms with E-state index in [-0.39, 0.29) is 5.91 Å². The second-order valence-electron chi connectivity index (χ2n) is 6.57. The van der Waals surface area contributed by atoms with Gasteiger partial charge in [0.25, 0.3) is 5.91 Å². The van der Waals surface area contributed by atoms with E-state index in [0.717, 1.165) is 55.3 Å². The van der Waals surface area contributed by atoms with Gasteiger partial charge >= 0.3 is 0 Å². The zero-order valence-corrected chi connectivity index (χ0v) is 15.6. The molecule has 0 unspecified atom stereocenters. The van der Waals surface area contributed by atoms with Gasteiger partial charge in [0.1, 0.15) is 5.75 Å². The Kier molecular flexibility index (Phi) is 6.12. The highest BCUT2D eigenvalue weighted by Crippen LogP contribution is 2.28. The summed E-state index contributed by atoms with van der Waals surface area (Å²) in [6.07, 6.45) is 0. The number of ether oxygens (including phenoxy) is 1. The number of para-hydroxylation sites is 2. The first kappa shape index (κ1) is 18.3. The zero-order valence-electron chi connectivity index (χ0n) is 15.6. The Bertz CT molecular complexity index is 740. The number of benzene rings is 2. The summed E-state index contributed by atoms with van der Waals surface area (Å²) in [5.74, 6) is 0.933. The van der Waals surface area contributed by atoms with Crippen LogP contribution in [0, 0.1) is 6.92 Å². The molecule has 0 aliphatic carbocycles. The molecule has 5 heteroatoms. The van der Waals surface area contributed by atoms with Crippen molar-refractivity contribution >= 4 is 11.6 Å². The maximum atomic E-state index is 12.3. The number of carbonyl (C=O) groups is 1. The van der Waals surface area contributed by atoms with E-state index in [1.54, 1.807) is 7.11 Å². The average Bonchev–Trinajstić information content (AvgIpc) is 2.69. The van der Waals surface area contributed by atoms with Gasteiger partial charge in [-0.3, -0.25) is 9.69 Å². The van der Waals surface area contributed by atoms with Gasteiger partial charge in [0.05, 0.1) is 12.8 Å². The number of nitrogens with one attached hydrogen (secondary N) is 1. The molecule has 1 fully saturated rings. The predicted molar refractivity (Wildman–Crippen MR) is 105 cm³/mol. The summed E-state index contributed by atoms with van der Waals surface area (Å²) < 4.78 is 5.47. The summed E-state index contributed by atoms with van der Waals surface area (Å²) in [7, 11) is 1.71. The van der Waals surface area contributed by atoms with E-state index in [4.69, 9.17) is 4.74 Å². The number of amides is 1. The lowest BCUT2D eigenvalue weighted by atomic mass is 10.1. The number of piperazine rings is 1. The summed E-state index contributed by atoms with van der Waals surface area (Å²) in [4.78, 5) is 17.0. The largest absolute Gasteiger partial charge is 0.495 e. The van der Waals surface area contributed by atoms with Crippen molar-refractivity contribution in [2.24, 2.45) is 0 Å². The van der Waals surface area contributed by atoms with Gasteiger partial charge in [0, 0.05) is 44.8 Å². The van der Waals surface area contributed by atoms with Gasteiger partial charge in [-0.15, -0.1) is 0 Å². The first-order chi connectivity index (χ1) is 12.7. The fourth-order valence-corrected chi connectivity index (χ4v) is 3.35. The first-order valence-corrected chi connectivity index (χ1v) is 9.13. The summed E-state index contributed by atoms with van der Waals surface area (Å²) >= 11 is 0. The molecule has 1 aliphatic rings. The molecular formula is C21H27N3O2. The highest BCUT2D eigenvalue weighted by Gasteiger charge is 2.19. The standard InChI is InChI=1S/C21H27N3O2/c1-17-7-3-4-8-18(17)21(25)22-11-12-23-13-15-24(16-14-23)19-9-5-6-10-20(19)26-2/h3-10H,11-16H2,1-2H3,(H,22,25). The van der Waals surface area contributed by atoms with Crippen LogP contribution in [0.4, 0.5) is 5.69 Å². The van der Waals surface area contributed by atoms with Gasteiger partial charge in [0.2, 0.25) is 0 Å². The lowest BCUT2D eigenvalue weighted by molar-refractivity contribution is 0.0947. The molecule has 1 aliphatic heterocycles. The molecule has 0 aromatic heterocycles. The smallest absolute Gasteiger partial charge is 0.251 e. The summed E-state index contributed by atoms with van der Waals surface area (Å²) in [6, 6.07) is 15.8. The SMILES string of the molecule is COc1ccccc1N1CCN(CCNC(=O)c2ccccc2C)CC1. The Morgan fingerprint density at radius 2 is 1.73 bits per heavy atom. The second kappa shape index (κ2) is 8.72. The highest BCUT2D eigenvalue weighted by molar-refractivity contribution is 5.95. The van der Waals surface area contributed by atoms with Crippen molar-refractivity contribution in [2.75, 3.05) is 51.3 Å². The van der Waals surface area contributed by atoms with E-state index in [0.29, 0.717) is 6.54 Å². The van der Waals surface area contributed by atoms with Gasteiger partial charge in [-0.25, -0.2) is 0 Å². The maximum Gasteiger partial charge on any atom is 0.251 e. The van der Waals surface area contributed by atoms with Gasteiger partial charge in [-0.1, -0.05) is 30.3 Å². The number of hydrogen-bond donors (Lipinski definition) is 1. The normalized spacial score (nSPS) is 14.9. The van der Waals surface area contributed by atoms with Crippen LogP contribution in [0.5, 0.6) is 5.75 Å². The molecule has 138 valence electrons. The monoisotopic (exact) mass is 353 g/mol. The topological polar surface area (TPSA) is 44.8 Å². The summed E-state index contributed by atoms with van der Waals surface area (Å²) in [5.41, 5.74) is 2.92. The maximum absolute atomic E-state index is 12.3. The van der Waals surface area contributed by atoms with Crippen LogP contribution in [0.15, 0.2) is 48.5 Å². The van der Waals surface area contributed by atoms with Gasteiger partial charge in [-0.2, -0.15) is 0 Å². The predicted octanol–water partition coefficient (Wildman–Crippen LogP) is 2.56. The molecule has 5 nitrogen and oxygen atoms in total. The van der Waals surface area contributed by atoms with Crippen molar-refractivity contribution in [3.05, 3.63) is 59.7 Å². The molecule has 0 spiro atoms. The molecule has 0 atom stereocenters. The Hall–Kier alpha value is -2.53. The number of carbonyl (C=O) groups excluding carboxylic acids is 1. The van der Waals surface area contributed by atoms with Crippen molar-refractivity contribution in [1.29, 1.82) is 0 Å². The van der Waals surface area contributed by atoms with Crippen molar-refractivity contribution < 1.29 is 9.53 Å². The molecule has 1 amide bonds. The van der Waals surface area contributed by atoms with E-state index in [1.807, 2.05) is 49.4 Å². The highest BCUT2D eigenvalue weighted by atomic mass is 16.5. The third-order valence-corrected chi connectivity index (χ3v) is 4.90. The van der Waals surface area contributed by atoms with Crippen LogP contribution >= 0.6 is 0 Å². The Balaban J connectivity index is 1.45. The molecule has 0 saturated carbocycles. The van der Waals surface area contributed by atoms with Crippen LogP contribution in [-0.2, 0) is 0 Å². The lowest BCUT2D eigenvalue weighted by Gasteiger charge is -2.36. The average molecular weight is 353 g/mol. The van der Waals surface area contributed by atoms with Crippen LogP contribution in [0.1, 0.15) is 15.9 Å². The Morgan fingerprint density at radius 3 is 2.46 bits per heavy atom. The molecule has 0 radical (unpaired) electrons.